The smallest absolute Gasteiger partial charge is 0.225 e. The van der Waals surface area contributed by atoms with Crippen LogP contribution in [0.5, 0.6) is 5.75 Å². The maximum absolute atomic E-state index is 12.5. The topological polar surface area (TPSA) is 77.0 Å². The molecule has 0 aliphatic carbocycles. The molecule has 0 spiro atoms. The van der Waals surface area contributed by atoms with Crippen molar-refractivity contribution >= 4 is 35.0 Å². The van der Waals surface area contributed by atoms with Crippen LogP contribution < -0.4 is 10.1 Å². The molecule has 8 heteroatoms. The van der Waals surface area contributed by atoms with E-state index in [1.54, 1.807) is 19.2 Å². The Morgan fingerprint density at radius 2 is 1.62 bits per heavy atom. The van der Waals surface area contributed by atoms with Crippen molar-refractivity contribution in [3.05, 3.63) is 83.4 Å². The first-order valence-electron chi connectivity index (χ1n) is 10.7. The summed E-state index contributed by atoms with van der Waals surface area (Å²) in [6.07, 6.45) is 0.278. The lowest BCUT2D eigenvalue weighted by molar-refractivity contribution is -0.115. The van der Waals surface area contributed by atoms with Crippen molar-refractivity contribution in [3.63, 3.8) is 0 Å². The van der Waals surface area contributed by atoms with Gasteiger partial charge >= 0.3 is 0 Å². The third-order valence-electron chi connectivity index (χ3n) is 5.08. The van der Waals surface area contributed by atoms with E-state index in [1.165, 1.54) is 11.8 Å². The van der Waals surface area contributed by atoms with Gasteiger partial charge in [0.1, 0.15) is 17.1 Å². The van der Waals surface area contributed by atoms with Crippen LogP contribution >= 0.6 is 23.4 Å². The quantitative estimate of drug-likeness (QED) is 0.292. The summed E-state index contributed by atoms with van der Waals surface area (Å²) in [5, 5.41) is 12.8. The molecule has 0 aliphatic heterocycles. The van der Waals surface area contributed by atoms with Gasteiger partial charge in [0.15, 0.2) is 0 Å². The average Bonchev–Trinajstić information content (AvgIpc) is 2.87. The van der Waals surface area contributed by atoms with Gasteiger partial charge in [-0.15, -0.1) is 10.2 Å². The molecule has 0 saturated heterocycles. The standard InChI is InChI=1S/C26H23ClN4O2S/c1-17-15-21(22(33-2)16-20(17)27)28-23(32)13-14-34-26-29-24(18-9-5-3-6-10-18)25(30-31-26)19-11-7-4-8-12-19/h3-12,15-16H,13-14H2,1-2H3,(H,28,32). The Kier molecular flexibility index (Phi) is 7.77. The first-order valence-corrected chi connectivity index (χ1v) is 12.0. The van der Waals surface area contributed by atoms with Gasteiger partial charge in [-0.25, -0.2) is 4.98 Å². The number of hydrogen-bond donors (Lipinski definition) is 1. The molecule has 1 aromatic heterocycles. The number of aromatic nitrogens is 3. The molecule has 0 bridgehead atoms. The first-order chi connectivity index (χ1) is 16.5. The first kappa shape index (κ1) is 23.7. The van der Waals surface area contributed by atoms with Crippen LogP contribution in [0.3, 0.4) is 0 Å². The number of amides is 1. The zero-order chi connectivity index (χ0) is 23.9. The largest absolute Gasteiger partial charge is 0.495 e. The zero-order valence-electron chi connectivity index (χ0n) is 18.8. The molecule has 34 heavy (non-hydrogen) atoms. The SMILES string of the molecule is COc1cc(Cl)c(C)cc1NC(=O)CCSc1nnc(-c2ccccc2)c(-c2ccccc2)n1. The number of benzene rings is 3. The molecular weight excluding hydrogens is 468 g/mol. The van der Waals surface area contributed by atoms with Crippen molar-refractivity contribution in [2.45, 2.75) is 18.5 Å². The van der Waals surface area contributed by atoms with E-state index in [0.717, 1.165) is 28.1 Å². The van der Waals surface area contributed by atoms with Crippen molar-refractivity contribution < 1.29 is 9.53 Å². The highest BCUT2D eigenvalue weighted by Crippen LogP contribution is 2.32. The second-order valence-electron chi connectivity index (χ2n) is 7.47. The Hall–Kier alpha value is -3.42. The molecule has 0 atom stereocenters. The molecule has 4 rings (SSSR count). The molecule has 0 saturated carbocycles. The van der Waals surface area contributed by atoms with Gasteiger partial charge in [0, 0.05) is 34.4 Å². The van der Waals surface area contributed by atoms with Crippen LogP contribution in [0.2, 0.25) is 5.02 Å². The number of rotatable bonds is 8. The van der Waals surface area contributed by atoms with E-state index in [4.69, 9.17) is 21.3 Å². The Morgan fingerprint density at radius 1 is 0.971 bits per heavy atom. The van der Waals surface area contributed by atoms with Gasteiger partial charge in [0.2, 0.25) is 11.1 Å². The Balaban J connectivity index is 1.47. The molecule has 0 aliphatic rings. The fourth-order valence-corrected chi connectivity index (χ4v) is 4.22. The van der Waals surface area contributed by atoms with E-state index in [1.807, 2.05) is 67.6 Å². The number of carbonyl (C=O) groups excluding carboxylic acids is 1. The lowest BCUT2D eigenvalue weighted by Crippen LogP contribution is -2.13. The number of nitrogens with one attached hydrogen (secondary N) is 1. The molecular formula is C26H23ClN4O2S. The molecule has 4 aromatic rings. The minimum absolute atomic E-state index is 0.135. The molecule has 6 nitrogen and oxygen atoms in total. The predicted octanol–water partition coefficient (Wildman–Crippen LogP) is 6.30. The highest BCUT2D eigenvalue weighted by molar-refractivity contribution is 7.99. The second-order valence-corrected chi connectivity index (χ2v) is 8.94. The van der Waals surface area contributed by atoms with E-state index in [2.05, 4.69) is 15.5 Å². The summed E-state index contributed by atoms with van der Waals surface area (Å²) in [6.45, 7) is 1.88. The van der Waals surface area contributed by atoms with Gasteiger partial charge in [-0.05, 0) is 18.6 Å². The van der Waals surface area contributed by atoms with Gasteiger partial charge in [0.25, 0.3) is 0 Å². The maximum atomic E-state index is 12.5. The van der Waals surface area contributed by atoms with Crippen LogP contribution in [-0.4, -0.2) is 34.0 Å². The lowest BCUT2D eigenvalue weighted by Gasteiger charge is -2.12. The van der Waals surface area contributed by atoms with Crippen molar-refractivity contribution in [1.82, 2.24) is 15.2 Å². The molecule has 1 N–H and O–H groups in total. The molecule has 0 radical (unpaired) electrons. The van der Waals surface area contributed by atoms with Crippen molar-refractivity contribution in [2.75, 3.05) is 18.2 Å². The van der Waals surface area contributed by atoms with Crippen LogP contribution in [-0.2, 0) is 4.79 Å². The minimum atomic E-state index is -0.135. The number of methoxy groups -OCH3 is 1. The Morgan fingerprint density at radius 3 is 2.26 bits per heavy atom. The third kappa shape index (κ3) is 5.73. The second kappa shape index (κ2) is 11.1. The number of ether oxygens (including phenoxy) is 1. The van der Waals surface area contributed by atoms with E-state index in [0.29, 0.717) is 27.4 Å². The average molecular weight is 491 g/mol. The van der Waals surface area contributed by atoms with Gasteiger partial charge < -0.3 is 10.1 Å². The number of thioether (sulfide) groups is 1. The maximum Gasteiger partial charge on any atom is 0.225 e. The van der Waals surface area contributed by atoms with E-state index >= 15 is 0 Å². The van der Waals surface area contributed by atoms with Gasteiger partial charge in [-0.3, -0.25) is 4.79 Å². The predicted molar refractivity (Wildman–Crippen MR) is 137 cm³/mol. The van der Waals surface area contributed by atoms with Gasteiger partial charge in [-0.1, -0.05) is 84.0 Å². The summed E-state index contributed by atoms with van der Waals surface area (Å²) in [5.74, 6) is 0.888. The van der Waals surface area contributed by atoms with Crippen molar-refractivity contribution in [1.29, 1.82) is 0 Å². The summed E-state index contributed by atoms with van der Waals surface area (Å²) in [6, 6.07) is 23.3. The Labute approximate surface area is 207 Å². The fourth-order valence-electron chi connectivity index (χ4n) is 3.34. The van der Waals surface area contributed by atoms with Crippen LogP contribution in [0.25, 0.3) is 22.5 Å². The zero-order valence-corrected chi connectivity index (χ0v) is 20.4. The fraction of sp³-hybridized carbons (Fsp3) is 0.154. The number of carbonyl (C=O) groups is 1. The van der Waals surface area contributed by atoms with Crippen LogP contribution in [0.15, 0.2) is 78.0 Å². The van der Waals surface area contributed by atoms with Crippen molar-refractivity contribution in [3.8, 4) is 28.3 Å². The van der Waals surface area contributed by atoms with E-state index in [-0.39, 0.29) is 12.3 Å². The highest BCUT2D eigenvalue weighted by Gasteiger charge is 2.15. The number of halogens is 1. The molecule has 0 unspecified atom stereocenters. The number of hydrogen-bond acceptors (Lipinski definition) is 6. The molecule has 3 aromatic carbocycles. The van der Waals surface area contributed by atoms with Gasteiger partial charge in [0.05, 0.1) is 12.8 Å². The molecule has 1 heterocycles. The van der Waals surface area contributed by atoms with Crippen LogP contribution in [0.1, 0.15) is 12.0 Å². The summed E-state index contributed by atoms with van der Waals surface area (Å²) in [4.78, 5) is 17.3. The summed E-state index contributed by atoms with van der Waals surface area (Å²) < 4.78 is 5.33. The minimum Gasteiger partial charge on any atom is -0.495 e. The van der Waals surface area contributed by atoms with E-state index < -0.39 is 0 Å². The van der Waals surface area contributed by atoms with Crippen molar-refractivity contribution in [2.24, 2.45) is 0 Å². The van der Waals surface area contributed by atoms with Gasteiger partial charge in [-0.2, -0.15) is 0 Å². The summed E-state index contributed by atoms with van der Waals surface area (Å²) in [7, 11) is 1.54. The molecule has 1 amide bonds. The third-order valence-corrected chi connectivity index (χ3v) is 6.32. The number of nitrogens with zero attached hydrogens (tertiary/aromatic N) is 3. The summed E-state index contributed by atoms with van der Waals surface area (Å²) >= 11 is 7.53. The molecule has 0 fully saturated rings. The number of aryl methyl sites for hydroxylation is 1. The highest BCUT2D eigenvalue weighted by atomic mass is 35.5. The summed E-state index contributed by atoms with van der Waals surface area (Å²) in [5.41, 5.74) is 4.84. The Bertz CT molecular complexity index is 1290. The molecule has 172 valence electrons. The number of anilines is 1. The van der Waals surface area contributed by atoms with Crippen LogP contribution in [0, 0.1) is 6.92 Å². The lowest BCUT2D eigenvalue weighted by atomic mass is 10.0. The van der Waals surface area contributed by atoms with Crippen LogP contribution in [0.4, 0.5) is 5.69 Å². The normalized spacial score (nSPS) is 10.7. The monoisotopic (exact) mass is 490 g/mol. The van der Waals surface area contributed by atoms with E-state index in [9.17, 15) is 4.79 Å².